The smallest absolute Gasteiger partial charge is 0.493 e. The van der Waals surface area contributed by atoms with Gasteiger partial charge in [-0.3, -0.25) is 14.3 Å². The Morgan fingerprint density at radius 2 is 0.771 bits per heavy atom. The minimum Gasteiger partial charge on any atom is -0.493 e. The number of aliphatic hydroxyl groups excluding tert-OH is 2. The SMILES string of the molecule is CCCOc1ccc(C)cc1C#N.CCCOc1ccc(C)cc1C(N)=O.COCCOc1cc(F)c(C)cc1OC.COCCOc1ccc(C)cc1S(C)(=O)=O.COc1cc(C)ccc1OCCOC(F)(F)F.COc1cc(C)ccc1OCCS(C)(=O)=O.COc1cc(C)ccc1OC[C@H](O)CO.Cc1ccc(C(C)(C)C)cc1.Cc1ccc(OC(C)(C)C)c(C)c1.Cc1ccc(OC(C)C)c(C(N)=O)c1. The third kappa shape index (κ3) is 55.3. The van der Waals surface area contributed by atoms with Crippen LogP contribution in [0, 0.1) is 93.3 Å². The molecule has 0 spiro atoms. The molecule has 0 saturated heterocycles. The highest BCUT2D eigenvalue weighted by Gasteiger charge is 2.29. The first-order valence-corrected chi connectivity index (χ1v) is 50.4. The van der Waals surface area contributed by atoms with Crippen molar-refractivity contribution in [1.82, 2.24) is 0 Å². The fraction of sp³-hybridized carbons (Fsp3) is 0.432. The maximum Gasteiger partial charge on any atom is 0.522 e. The molecule has 27 nitrogen and oxygen atoms in total. The summed E-state index contributed by atoms with van der Waals surface area (Å²) in [4.78, 5) is 22.4. The Morgan fingerprint density at radius 1 is 0.410 bits per heavy atom. The van der Waals surface area contributed by atoms with Crippen molar-refractivity contribution in [3.8, 4) is 80.8 Å². The summed E-state index contributed by atoms with van der Waals surface area (Å²) in [5.41, 5.74) is 25.0. The number of hydrogen-bond acceptors (Lipinski definition) is 25. The third-order valence-electron chi connectivity index (χ3n) is 19.0. The Bertz CT molecular complexity index is 5760. The minimum atomic E-state index is -4.62. The number of hydrogen-bond donors (Lipinski definition) is 4. The molecule has 10 aromatic rings. The van der Waals surface area contributed by atoms with Crippen LogP contribution < -0.4 is 73.0 Å². The van der Waals surface area contributed by atoms with E-state index in [1.807, 2.05) is 143 Å². The fourth-order valence-corrected chi connectivity index (χ4v) is 12.9. The molecule has 2 amide bonds. The minimum absolute atomic E-state index is 0.00400. The number of benzene rings is 10. The van der Waals surface area contributed by atoms with Gasteiger partial charge in [0.1, 0.15) is 90.3 Å². The van der Waals surface area contributed by atoms with E-state index < -0.39 is 50.6 Å². The summed E-state index contributed by atoms with van der Waals surface area (Å²) < 4.78 is 175. The number of carbonyl (C=O) groups is 2. The summed E-state index contributed by atoms with van der Waals surface area (Å²) in [6, 6.07) is 57.8. The maximum absolute atomic E-state index is 13.2. The van der Waals surface area contributed by atoms with Crippen LogP contribution in [0.1, 0.15) is 175 Å². The summed E-state index contributed by atoms with van der Waals surface area (Å²) in [5.74, 6) is 6.17. The second kappa shape index (κ2) is 67.1. The lowest BCUT2D eigenvalue weighted by Gasteiger charge is -2.22. The maximum atomic E-state index is 13.2. The summed E-state index contributed by atoms with van der Waals surface area (Å²) >= 11 is 0. The highest BCUT2D eigenvalue weighted by molar-refractivity contribution is 7.91. The van der Waals surface area contributed by atoms with Crippen LogP contribution >= 0.6 is 0 Å². The number of ether oxygens (including phenoxy) is 16. The molecule has 0 bridgehead atoms. The largest absolute Gasteiger partial charge is 0.522 e. The number of nitrogens with zero attached hydrogens (tertiary/aromatic N) is 1. The summed E-state index contributed by atoms with van der Waals surface area (Å²) in [5, 5.41) is 26.6. The number of amides is 2. The molecule has 6 N–H and O–H groups in total. The number of methoxy groups -OCH3 is 6. The van der Waals surface area contributed by atoms with E-state index in [4.69, 9.17) is 98.0 Å². The molecule has 0 fully saturated rings. The van der Waals surface area contributed by atoms with Crippen LogP contribution in [-0.2, 0) is 39.3 Å². The number of alkyl halides is 3. The zero-order valence-electron chi connectivity index (χ0n) is 89.2. The van der Waals surface area contributed by atoms with Crippen molar-refractivity contribution in [2.45, 2.75) is 193 Å². The Labute approximate surface area is 851 Å². The number of halogens is 4. The monoisotopic (exact) mass is 2050 g/mol. The molecular formula is C111H153F4N3O24S2. The van der Waals surface area contributed by atoms with Gasteiger partial charge in [0.05, 0.1) is 96.6 Å². The molecule has 0 unspecified atom stereocenters. The first-order chi connectivity index (χ1) is 67.4. The van der Waals surface area contributed by atoms with Gasteiger partial charge in [-0.2, -0.15) is 5.26 Å². The fourth-order valence-electron chi connectivity index (χ4n) is 11.7. The van der Waals surface area contributed by atoms with E-state index in [2.05, 4.69) is 110 Å². The summed E-state index contributed by atoms with van der Waals surface area (Å²) in [7, 11) is 3.00. The predicted octanol–water partition coefficient (Wildman–Crippen LogP) is 21.9. The van der Waals surface area contributed by atoms with E-state index in [1.165, 1.54) is 55.1 Å². The van der Waals surface area contributed by atoms with Gasteiger partial charge in [0.2, 0.25) is 0 Å². The molecule has 144 heavy (non-hydrogen) atoms. The molecular weight excluding hydrogens is 1900 g/mol. The number of aryl methyl sites for hydroxylation is 11. The molecule has 1 atom stereocenters. The first kappa shape index (κ1) is 129. The predicted molar refractivity (Wildman–Crippen MR) is 560 cm³/mol. The van der Waals surface area contributed by atoms with Gasteiger partial charge >= 0.3 is 6.36 Å². The van der Waals surface area contributed by atoms with Crippen molar-refractivity contribution < 1.29 is 130 Å². The summed E-state index contributed by atoms with van der Waals surface area (Å²) in [6.45, 7) is 44.1. The van der Waals surface area contributed by atoms with Gasteiger partial charge in [0.15, 0.2) is 65.7 Å². The second-order valence-corrected chi connectivity index (χ2v) is 39.4. The Balaban J connectivity index is 0.000000801. The average Bonchev–Trinajstić information content (AvgIpc) is 0.817. The van der Waals surface area contributed by atoms with E-state index in [0.29, 0.717) is 131 Å². The Hall–Kier alpha value is -12.6. The van der Waals surface area contributed by atoms with Crippen molar-refractivity contribution in [2.75, 3.05) is 134 Å². The average molecular weight is 2050 g/mol. The van der Waals surface area contributed by atoms with Crippen LogP contribution in [0.2, 0.25) is 0 Å². The Morgan fingerprint density at radius 3 is 1.17 bits per heavy atom. The van der Waals surface area contributed by atoms with Gasteiger partial charge in [-0.05, 0) is 271 Å². The number of nitriles is 1. The molecule has 0 radical (unpaired) electrons. The molecule has 796 valence electrons. The lowest BCUT2D eigenvalue weighted by atomic mass is 9.87. The summed E-state index contributed by atoms with van der Waals surface area (Å²) in [6.07, 6.45) is -1.23. The molecule has 0 saturated carbocycles. The van der Waals surface area contributed by atoms with Gasteiger partial charge in [-0.15, -0.1) is 13.2 Å². The molecule has 33 heteroatoms. The van der Waals surface area contributed by atoms with E-state index >= 15 is 0 Å². The molecule has 0 aromatic heterocycles. The number of nitrogens with two attached hydrogens (primary N) is 2. The number of sulfone groups is 2. The van der Waals surface area contributed by atoms with Gasteiger partial charge < -0.3 is 92.7 Å². The molecule has 10 aromatic carbocycles. The van der Waals surface area contributed by atoms with Crippen LogP contribution in [0.25, 0.3) is 0 Å². The standard InChI is InChI=1S/C12H18O.C11H13F3O3.C11H15FO3.2C11H15NO2.C11H13NO.2C11H16O4S.C11H16O4.C11H16/c1-9-6-7-11(10(2)8-9)13-12(3,4)5;1-8-3-4-9(10(7-8)15-2)16-5-6-17-11(12,13)14;1-8-6-10(14-3)11(7-9(8)12)15-5-4-13-2;1-7(2)14-10-5-4-8(3)6-9(10)11(12)13;1-3-6-14-10-5-4-8(2)7-9(10)11(12)13;1-3-6-13-11-5-4-9(2)7-10(11)8-12;1-9-4-5-10(11(8-9)14-2)15-6-7-16(3,12)13;1-9-4-5-10(15-7-6-14-2)11(8-9)16(3,12)13;1-8-3-4-10(11(5-8)14-2)15-7-9(13)6-12;1-9-5-7-10(8-6-9)11(2,3)4/h6-8H,1-5H3;3-4,7H,5-6H2,1-2H3;6-7H,4-5H2,1-3H3;4-7H,1-3H3,(H2,12,13);4-5,7H,3,6H2,1-2H3,(H2,12,13);4-5,7H,3,6H2,1-2H3;2*4-5,8H,6-7H2,1-3H3;3-5,9,12-13H,6-7H2,1-2H3;5-8H,1-4H3/t;;;;;;;;9-;/m........1./s1. The zero-order chi connectivity index (χ0) is 109. The number of rotatable bonds is 36. The zero-order valence-corrected chi connectivity index (χ0v) is 90.8. The van der Waals surface area contributed by atoms with Crippen molar-refractivity contribution in [3.63, 3.8) is 0 Å². The van der Waals surface area contributed by atoms with Gasteiger partial charge in [0, 0.05) is 32.8 Å². The highest BCUT2D eigenvalue weighted by Crippen LogP contribution is 2.34. The quantitative estimate of drug-likeness (QED) is 0.0209. The van der Waals surface area contributed by atoms with Crippen LogP contribution in [0.5, 0.6) is 74.7 Å². The topological polar surface area (TPSA) is 366 Å². The van der Waals surface area contributed by atoms with E-state index in [9.17, 15) is 44.0 Å². The number of aliphatic hydroxyl groups is 2. The molecule has 0 aliphatic carbocycles. The Kier molecular flexibility index (Phi) is 60.4. The second-order valence-electron chi connectivity index (χ2n) is 35.2. The van der Waals surface area contributed by atoms with Crippen LogP contribution in [0.4, 0.5) is 17.6 Å². The van der Waals surface area contributed by atoms with Crippen molar-refractivity contribution in [3.05, 3.63) is 271 Å². The third-order valence-corrected chi connectivity index (χ3v) is 21.0. The van der Waals surface area contributed by atoms with Crippen molar-refractivity contribution in [2.24, 2.45) is 11.5 Å². The molecule has 10 rings (SSSR count). The first-order valence-electron chi connectivity index (χ1n) is 46.4. The van der Waals surface area contributed by atoms with Gasteiger partial charge in [-0.25, -0.2) is 21.2 Å². The van der Waals surface area contributed by atoms with Gasteiger partial charge in [0.25, 0.3) is 11.8 Å². The molecule has 0 aliphatic rings. The van der Waals surface area contributed by atoms with Gasteiger partial charge in [-0.1, -0.05) is 136 Å². The molecule has 0 aliphatic heterocycles. The van der Waals surface area contributed by atoms with E-state index in [1.54, 1.807) is 108 Å². The van der Waals surface area contributed by atoms with Crippen LogP contribution in [0.15, 0.2) is 187 Å². The lowest BCUT2D eigenvalue weighted by Crippen LogP contribution is -2.23. The van der Waals surface area contributed by atoms with Crippen LogP contribution in [0.3, 0.4) is 0 Å². The number of primary amides is 2. The van der Waals surface area contributed by atoms with Crippen molar-refractivity contribution >= 4 is 31.5 Å². The van der Waals surface area contributed by atoms with E-state index in [0.717, 1.165) is 57.5 Å². The normalized spacial score (nSPS) is 10.9. The lowest BCUT2D eigenvalue weighted by molar-refractivity contribution is -0.325. The number of carbonyl (C=O) groups excluding carboxylic acids is 2. The van der Waals surface area contributed by atoms with Crippen LogP contribution in [-0.4, -0.2) is 197 Å². The van der Waals surface area contributed by atoms with Crippen molar-refractivity contribution in [1.29, 1.82) is 5.26 Å². The highest BCUT2D eigenvalue weighted by atomic mass is 32.2. The van der Waals surface area contributed by atoms with E-state index in [-0.39, 0.29) is 60.0 Å². The molecule has 0 heterocycles.